The number of rotatable bonds is 5. The second-order valence-corrected chi connectivity index (χ2v) is 9.17. The highest BCUT2D eigenvalue weighted by molar-refractivity contribution is 9.10. The Kier molecular flexibility index (Phi) is 4.46. The van der Waals surface area contributed by atoms with Gasteiger partial charge in [0.1, 0.15) is 0 Å². The van der Waals surface area contributed by atoms with E-state index in [1.54, 1.807) is 0 Å². The zero-order valence-electron chi connectivity index (χ0n) is 15.2. The van der Waals surface area contributed by atoms with Crippen LogP contribution in [0.2, 0.25) is 0 Å². The summed E-state index contributed by atoms with van der Waals surface area (Å²) in [7, 11) is 0. The van der Waals surface area contributed by atoms with Crippen LogP contribution in [0, 0.1) is 35.0 Å². The number of nitrogens with one attached hydrogen (secondary N) is 2. The van der Waals surface area contributed by atoms with Gasteiger partial charge in [-0.3, -0.25) is 9.59 Å². The second kappa shape index (κ2) is 6.52. The average Bonchev–Trinajstić information content (AvgIpc) is 3.28. The molecule has 1 spiro atoms. The molecule has 2 N–H and O–H groups in total. The number of hydrogen-bond donors (Lipinski definition) is 2. The van der Waals surface area contributed by atoms with Gasteiger partial charge in [-0.1, -0.05) is 41.9 Å². The molecule has 0 radical (unpaired) electrons. The van der Waals surface area contributed by atoms with Crippen molar-refractivity contribution in [1.82, 2.24) is 5.32 Å². The second-order valence-electron chi connectivity index (χ2n) is 8.26. The minimum atomic E-state index is -0.0661. The molecule has 4 rings (SSSR count). The number of halogens is 1. The Hall–Kier alpha value is -1.62. The Balaban J connectivity index is 1.52. The molecule has 0 unspecified atom stereocenters. The molecule has 5 heteroatoms. The first kappa shape index (κ1) is 17.8. The highest BCUT2D eigenvalue weighted by atomic mass is 79.9. The third-order valence-electron chi connectivity index (χ3n) is 6.44. The van der Waals surface area contributed by atoms with Gasteiger partial charge in [-0.15, -0.1) is 0 Å². The van der Waals surface area contributed by atoms with Crippen LogP contribution in [0.15, 0.2) is 40.9 Å². The number of allylic oxidation sites excluding steroid dienone is 2. The van der Waals surface area contributed by atoms with Gasteiger partial charge in [0.15, 0.2) is 0 Å². The van der Waals surface area contributed by atoms with E-state index < -0.39 is 0 Å². The van der Waals surface area contributed by atoms with Crippen LogP contribution >= 0.6 is 15.9 Å². The lowest BCUT2D eigenvalue weighted by molar-refractivity contribution is -0.126. The van der Waals surface area contributed by atoms with Crippen LogP contribution in [0.25, 0.3) is 0 Å². The number of benzene rings is 1. The van der Waals surface area contributed by atoms with Gasteiger partial charge in [0.05, 0.1) is 5.92 Å². The number of hydrogen-bond acceptors (Lipinski definition) is 2. The molecule has 3 aliphatic rings. The van der Waals surface area contributed by atoms with Crippen molar-refractivity contribution >= 4 is 33.4 Å². The molecule has 26 heavy (non-hydrogen) atoms. The fourth-order valence-corrected chi connectivity index (χ4v) is 5.25. The maximum atomic E-state index is 13.1. The number of anilines is 1. The molecular formula is C21H25BrN2O2. The summed E-state index contributed by atoms with van der Waals surface area (Å²) in [5, 5.41) is 6.17. The van der Waals surface area contributed by atoms with Crippen LogP contribution in [0.5, 0.6) is 0 Å². The number of amides is 2. The summed E-state index contributed by atoms with van der Waals surface area (Å²) in [5.41, 5.74) is 1.11. The van der Waals surface area contributed by atoms with E-state index in [4.69, 9.17) is 0 Å². The van der Waals surface area contributed by atoms with Gasteiger partial charge in [0, 0.05) is 22.6 Å². The van der Waals surface area contributed by atoms with E-state index in [0.717, 1.165) is 10.2 Å². The van der Waals surface area contributed by atoms with E-state index in [1.807, 2.05) is 38.1 Å². The zero-order valence-corrected chi connectivity index (χ0v) is 16.8. The number of carbonyl (C=O) groups excluding carboxylic acids is 2. The van der Waals surface area contributed by atoms with Crippen molar-refractivity contribution in [1.29, 1.82) is 0 Å². The monoisotopic (exact) mass is 416 g/mol. The van der Waals surface area contributed by atoms with Crippen molar-refractivity contribution in [2.24, 2.45) is 35.0 Å². The Morgan fingerprint density at radius 3 is 2.42 bits per heavy atom. The summed E-state index contributed by atoms with van der Waals surface area (Å²) in [6, 6.07) is 7.68. The molecule has 0 aromatic heterocycles. The van der Waals surface area contributed by atoms with E-state index in [-0.39, 0.29) is 35.0 Å². The van der Waals surface area contributed by atoms with E-state index in [9.17, 15) is 9.59 Å². The van der Waals surface area contributed by atoms with Crippen LogP contribution in [-0.2, 0) is 9.59 Å². The summed E-state index contributed by atoms with van der Waals surface area (Å²) in [4.78, 5) is 25.2. The molecule has 138 valence electrons. The maximum Gasteiger partial charge on any atom is 0.228 e. The summed E-state index contributed by atoms with van der Waals surface area (Å²) >= 11 is 3.42. The van der Waals surface area contributed by atoms with E-state index in [2.05, 4.69) is 38.7 Å². The molecular weight excluding hydrogens is 392 g/mol. The molecule has 2 saturated carbocycles. The van der Waals surface area contributed by atoms with Gasteiger partial charge in [-0.25, -0.2) is 0 Å². The topological polar surface area (TPSA) is 58.2 Å². The summed E-state index contributed by atoms with van der Waals surface area (Å²) in [6.07, 6.45) is 6.95. The molecule has 0 heterocycles. The largest absolute Gasteiger partial charge is 0.356 e. The lowest BCUT2D eigenvalue weighted by Gasteiger charge is -2.27. The van der Waals surface area contributed by atoms with Gasteiger partial charge in [0.2, 0.25) is 11.8 Å². The SMILES string of the molecule is CC(C)C(=O)NC[C@H]1[C@H](C(=O)Nc2ccc(Br)cc2)[C@@H]2C=C[C@H]1C21CC1. The maximum absolute atomic E-state index is 13.1. The average molecular weight is 417 g/mol. The van der Waals surface area contributed by atoms with E-state index >= 15 is 0 Å². The predicted molar refractivity (Wildman–Crippen MR) is 105 cm³/mol. The third-order valence-corrected chi connectivity index (χ3v) is 6.97. The molecule has 2 fully saturated rings. The van der Waals surface area contributed by atoms with Crippen LogP contribution in [-0.4, -0.2) is 18.4 Å². The minimum Gasteiger partial charge on any atom is -0.356 e. The normalized spacial score (nSPS) is 30.0. The Morgan fingerprint density at radius 1 is 1.15 bits per heavy atom. The lowest BCUT2D eigenvalue weighted by atomic mass is 9.82. The highest BCUT2D eigenvalue weighted by Crippen LogP contribution is 2.71. The van der Waals surface area contributed by atoms with Crippen molar-refractivity contribution in [2.75, 3.05) is 11.9 Å². The first-order valence-corrected chi connectivity index (χ1v) is 10.2. The van der Waals surface area contributed by atoms with Gasteiger partial charge in [0.25, 0.3) is 0 Å². The van der Waals surface area contributed by atoms with Gasteiger partial charge >= 0.3 is 0 Å². The smallest absolute Gasteiger partial charge is 0.228 e. The Bertz CT molecular complexity index is 752. The molecule has 4 nitrogen and oxygen atoms in total. The first-order valence-electron chi connectivity index (χ1n) is 9.45. The number of carbonyl (C=O) groups is 2. The van der Waals surface area contributed by atoms with Crippen LogP contribution in [0.3, 0.4) is 0 Å². The standard InChI is InChI=1S/C21H25BrN2O2/c1-12(2)19(25)23-11-15-16-7-8-17(21(16)9-10-21)18(15)20(26)24-14-5-3-13(22)4-6-14/h3-8,12,15-18H,9-11H2,1-2H3,(H,23,25)(H,24,26)/t15-,16-,17+,18+/m1/s1. The quantitative estimate of drug-likeness (QED) is 0.712. The Morgan fingerprint density at radius 2 is 1.81 bits per heavy atom. The van der Waals surface area contributed by atoms with Gasteiger partial charge in [-0.2, -0.15) is 0 Å². The fourth-order valence-electron chi connectivity index (χ4n) is 4.98. The van der Waals surface area contributed by atoms with Crippen molar-refractivity contribution in [2.45, 2.75) is 26.7 Å². The summed E-state index contributed by atoms with van der Waals surface area (Å²) < 4.78 is 0.990. The molecule has 3 aliphatic carbocycles. The van der Waals surface area contributed by atoms with Crippen LogP contribution < -0.4 is 10.6 Å². The zero-order chi connectivity index (χ0) is 18.5. The van der Waals surface area contributed by atoms with Gasteiger partial charge < -0.3 is 10.6 Å². The van der Waals surface area contributed by atoms with Crippen molar-refractivity contribution < 1.29 is 9.59 Å². The van der Waals surface area contributed by atoms with Gasteiger partial charge in [-0.05, 0) is 60.3 Å². The molecule has 2 bridgehead atoms. The molecule has 1 aromatic carbocycles. The summed E-state index contributed by atoms with van der Waals surface area (Å²) in [5.74, 6) is 0.959. The van der Waals surface area contributed by atoms with Crippen LogP contribution in [0.4, 0.5) is 5.69 Å². The van der Waals surface area contributed by atoms with Crippen LogP contribution in [0.1, 0.15) is 26.7 Å². The highest BCUT2D eigenvalue weighted by Gasteiger charge is 2.68. The first-order chi connectivity index (χ1) is 12.4. The molecule has 4 atom stereocenters. The predicted octanol–water partition coefficient (Wildman–Crippen LogP) is 3.99. The van der Waals surface area contributed by atoms with Crippen molar-refractivity contribution in [3.63, 3.8) is 0 Å². The fraction of sp³-hybridized carbons (Fsp3) is 0.524. The Labute approximate surface area is 162 Å². The third kappa shape index (κ3) is 2.90. The molecule has 0 saturated heterocycles. The van der Waals surface area contributed by atoms with Crippen molar-refractivity contribution in [3.8, 4) is 0 Å². The molecule has 0 aliphatic heterocycles. The molecule has 1 aromatic rings. The van der Waals surface area contributed by atoms with E-state index in [1.165, 1.54) is 12.8 Å². The lowest BCUT2D eigenvalue weighted by Crippen LogP contribution is -2.40. The molecule has 2 amide bonds. The summed E-state index contributed by atoms with van der Waals surface area (Å²) in [6.45, 7) is 4.38. The van der Waals surface area contributed by atoms with Crippen molar-refractivity contribution in [3.05, 3.63) is 40.9 Å². The van der Waals surface area contributed by atoms with E-state index in [0.29, 0.717) is 18.4 Å². The minimum absolute atomic E-state index is 0.0333.